The zero-order valence-corrected chi connectivity index (χ0v) is 14.1. The Kier molecular flexibility index (Phi) is 4.32. The predicted octanol–water partition coefficient (Wildman–Crippen LogP) is 1.94. The Morgan fingerprint density at radius 3 is 2.41 bits per heavy atom. The number of fused-ring (bicyclic) bond motifs is 1. The molecule has 2 aromatic rings. The van der Waals surface area contributed by atoms with Gasteiger partial charge >= 0.3 is 0 Å². The number of aromatic nitrogens is 4. The molecule has 0 bridgehead atoms. The van der Waals surface area contributed by atoms with Crippen molar-refractivity contribution in [1.29, 1.82) is 0 Å². The van der Waals surface area contributed by atoms with Crippen LogP contribution in [0.15, 0.2) is 35.3 Å². The van der Waals surface area contributed by atoms with Crippen molar-refractivity contribution in [2.45, 2.75) is 20.8 Å². The quantitative estimate of drug-likeness (QED) is 0.801. The van der Waals surface area contributed by atoms with Gasteiger partial charge in [0.25, 0.3) is 10.0 Å². The van der Waals surface area contributed by atoms with Gasteiger partial charge in [0.05, 0.1) is 4.91 Å². The zero-order valence-electron chi connectivity index (χ0n) is 13.3. The summed E-state index contributed by atoms with van der Waals surface area (Å²) >= 11 is 0. The summed E-state index contributed by atoms with van der Waals surface area (Å²) in [5.41, 5.74) is 1.73. The van der Waals surface area contributed by atoms with Crippen LogP contribution in [0.25, 0.3) is 11.2 Å². The third-order valence-corrected chi connectivity index (χ3v) is 4.76. The number of hydrogen-bond acceptors (Lipinski definition) is 6. The van der Waals surface area contributed by atoms with Gasteiger partial charge in [-0.25, -0.2) is 27.3 Å². The standard InChI is InChI=1S/C14H19N5O2S/c1-10(2)6-7-11(3)22(20,21)19-9-17-12-13(18(4)5)15-8-16-14(12)19/h6-9H,1-5H3/b11-7+. The van der Waals surface area contributed by atoms with Crippen LogP contribution in [0, 0.1) is 0 Å². The fraction of sp³-hybridized carbons (Fsp3) is 0.357. The summed E-state index contributed by atoms with van der Waals surface area (Å²) in [4.78, 5) is 14.3. The minimum atomic E-state index is -3.70. The van der Waals surface area contributed by atoms with E-state index in [1.165, 1.54) is 12.7 Å². The van der Waals surface area contributed by atoms with Crippen molar-refractivity contribution in [1.82, 2.24) is 18.9 Å². The van der Waals surface area contributed by atoms with E-state index in [0.717, 1.165) is 9.55 Å². The normalized spacial score (nSPS) is 12.5. The van der Waals surface area contributed by atoms with Gasteiger partial charge in [0.1, 0.15) is 12.7 Å². The number of anilines is 1. The zero-order chi connectivity index (χ0) is 16.5. The minimum Gasteiger partial charge on any atom is -0.361 e. The van der Waals surface area contributed by atoms with E-state index in [1.54, 1.807) is 24.0 Å². The Morgan fingerprint density at radius 2 is 1.82 bits per heavy atom. The first kappa shape index (κ1) is 16.2. The molecule has 0 unspecified atom stereocenters. The minimum absolute atomic E-state index is 0.220. The molecule has 0 saturated heterocycles. The smallest absolute Gasteiger partial charge is 0.266 e. The van der Waals surface area contributed by atoms with E-state index in [4.69, 9.17) is 0 Å². The maximum atomic E-state index is 12.7. The third-order valence-electron chi connectivity index (χ3n) is 3.02. The van der Waals surface area contributed by atoms with Crippen molar-refractivity contribution in [3.63, 3.8) is 0 Å². The van der Waals surface area contributed by atoms with Gasteiger partial charge in [-0.1, -0.05) is 11.6 Å². The number of hydrogen-bond donors (Lipinski definition) is 0. The molecule has 2 aromatic heterocycles. The average molecular weight is 321 g/mol. The van der Waals surface area contributed by atoms with Crippen LogP contribution < -0.4 is 4.90 Å². The Morgan fingerprint density at radius 1 is 1.14 bits per heavy atom. The first-order chi connectivity index (χ1) is 10.2. The van der Waals surface area contributed by atoms with Gasteiger partial charge < -0.3 is 4.90 Å². The molecule has 0 atom stereocenters. The number of nitrogens with zero attached hydrogens (tertiary/aromatic N) is 5. The molecule has 7 nitrogen and oxygen atoms in total. The van der Waals surface area contributed by atoms with Gasteiger partial charge in [0, 0.05) is 14.1 Å². The number of imidazole rings is 1. The molecular formula is C14H19N5O2S. The molecule has 0 fully saturated rings. The highest BCUT2D eigenvalue weighted by Gasteiger charge is 2.21. The van der Waals surface area contributed by atoms with E-state index in [9.17, 15) is 8.42 Å². The van der Waals surface area contributed by atoms with Crippen molar-refractivity contribution in [3.05, 3.63) is 35.3 Å². The van der Waals surface area contributed by atoms with Crippen LogP contribution >= 0.6 is 0 Å². The molecule has 0 amide bonds. The number of allylic oxidation sites excluding steroid dienone is 4. The van der Waals surface area contributed by atoms with Crippen LogP contribution in [0.5, 0.6) is 0 Å². The first-order valence-electron chi connectivity index (χ1n) is 6.68. The van der Waals surface area contributed by atoms with E-state index < -0.39 is 10.0 Å². The molecule has 22 heavy (non-hydrogen) atoms. The van der Waals surface area contributed by atoms with Crippen molar-refractivity contribution < 1.29 is 8.42 Å². The molecule has 118 valence electrons. The maximum Gasteiger partial charge on any atom is 0.266 e. The van der Waals surface area contributed by atoms with Gasteiger partial charge in [-0.2, -0.15) is 0 Å². The van der Waals surface area contributed by atoms with Crippen molar-refractivity contribution in [2.75, 3.05) is 19.0 Å². The largest absolute Gasteiger partial charge is 0.361 e. The van der Waals surface area contributed by atoms with Gasteiger partial charge in [-0.15, -0.1) is 0 Å². The molecule has 0 N–H and O–H groups in total. The second-order valence-electron chi connectivity index (χ2n) is 5.33. The van der Waals surface area contributed by atoms with E-state index in [1.807, 2.05) is 27.9 Å². The van der Waals surface area contributed by atoms with Crippen LogP contribution in [0.3, 0.4) is 0 Å². The maximum absolute atomic E-state index is 12.7. The highest BCUT2D eigenvalue weighted by atomic mass is 32.2. The lowest BCUT2D eigenvalue weighted by atomic mass is 10.3. The van der Waals surface area contributed by atoms with Crippen molar-refractivity contribution >= 4 is 27.0 Å². The highest BCUT2D eigenvalue weighted by molar-refractivity contribution is 7.93. The van der Waals surface area contributed by atoms with Gasteiger partial charge in [0.15, 0.2) is 17.0 Å². The van der Waals surface area contributed by atoms with Gasteiger partial charge in [-0.05, 0) is 26.8 Å². The Labute approximate surface area is 130 Å². The van der Waals surface area contributed by atoms with E-state index in [0.29, 0.717) is 11.3 Å². The molecule has 2 heterocycles. The molecular weight excluding hydrogens is 302 g/mol. The van der Waals surface area contributed by atoms with E-state index in [2.05, 4.69) is 15.0 Å². The lowest BCUT2D eigenvalue weighted by Gasteiger charge is -2.11. The van der Waals surface area contributed by atoms with Gasteiger partial charge in [-0.3, -0.25) is 0 Å². The van der Waals surface area contributed by atoms with Crippen LogP contribution in [0.2, 0.25) is 0 Å². The molecule has 0 aliphatic heterocycles. The highest BCUT2D eigenvalue weighted by Crippen LogP contribution is 2.22. The SMILES string of the molecule is CC(C)=C/C=C(\C)S(=O)(=O)n1cnc2c(N(C)C)ncnc21. The summed E-state index contributed by atoms with van der Waals surface area (Å²) in [6, 6.07) is 0. The molecule has 8 heteroatoms. The van der Waals surface area contributed by atoms with E-state index in [-0.39, 0.29) is 10.6 Å². The Balaban J connectivity index is 2.63. The molecule has 0 spiro atoms. The second kappa shape index (κ2) is 5.88. The third kappa shape index (κ3) is 2.87. The van der Waals surface area contributed by atoms with Crippen molar-refractivity contribution in [3.8, 4) is 0 Å². The van der Waals surface area contributed by atoms with Crippen LogP contribution in [-0.4, -0.2) is 41.4 Å². The molecule has 0 radical (unpaired) electrons. The summed E-state index contributed by atoms with van der Waals surface area (Å²) < 4.78 is 26.4. The molecule has 0 aromatic carbocycles. The fourth-order valence-corrected chi connectivity index (χ4v) is 2.91. The van der Waals surface area contributed by atoms with Crippen LogP contribution in [-0.2, 0) is 10.0 Å². The fourth-order valence-electron chi connectivity index (χ4n) is 1.83. The average Bonchev–Trinajstić information content (AvgIpc) is 2.88. The predicted molar refractivity (Wildman–Crippen MR) is 87.2 cm³/mol. The van der Waals surface area contributed by atoms with E-state index >= 15 is 0 Å². The summed E-state index contributed by atoms with van der Waals surface area (Å²) in [7, 11) is -0.0690. The molecule has 0 aliphatic rings. The van der Waals surface area contributed by atoms with Gasteiger partial charge in [0.2, 0.25) is 0 Å². The van der Waals surface area contributed by atoms with Crippen LogP contribution in [0.1, 0.15) is 20.8 Å². The Hall–Kier alpha value is -2.22. The molecule has 0 saturated carbocycles. The topological polar surface area (TPSA) is 81.0 Å². The lowest BCUT2D eigenvalue weighted by Crippen LogP contribution is -2.14. The monoisotopic (exact) mass is 321 g/mol. The molecule has 0 aliphatic carbocycles. The summed E-state index contributed by atoms with van der Waals surface area (Å²) in [6.07, 6.45) is 5.93. The summed E-state index contributed by atoms with van der Waals surface area (Å²) in [5.74, 6) is 0.574. The van der Waals surface area contributed by atoms with Crippen LogP contribution in [0.4, 0.5) is 5.82 Å². The number of rotatable bonds is 4. The summed E-state index contributed by atoms with van der Waals surface area (Å²) in [6.45, 7) is 5.36. The molecule has 2 rings (SSSR count). The summed E-state index contributed by atoms with van der Waals surface area (Å²) in [5, 5.41) is 0. The van der Waals surface area contributed by atoms with Crippen molar-refractivity contribution in [2.24, 2.45) is 0 Å². The Bertz CT molecular complexity index is 858. The second-order valence-corrected chi connectivity index (χ2v) is 7.32. The first-order valence-corrected chi connectivity index (χ1v) is 8.12. The lowest BCUT2D eigenvalue weighted by molar-refractivity contribution is 0.594.